The molecule has 0 aromatic carbocycles. The van der Waals surface area contributed by atoms with E-state index in [-0.39, 0.29) is 11.8 Å². The minimum Gasteiger partial charge on any atom is -0.476 e. The Morgan fingerprint density at radius 1 is 1.47 bits per heavy atom. The Labute approximate surface area is 110 Å². The minimum absolute atomic E-state index is 0.153. The lowest BCUT2D eigenvalue weighted by Crippen LogP contribution is -2.29. The van der Waals surface area contributed by atoms with Crippen molar-refractivity contribution in [1.29, 1.82) is 0 Å². The number of aryl methyl sites for hydroxylation is 1. The van der Waals surface area contributed by atoms with Gasteiger partial charge in [-0.2, -0.15) is 5.10 Å². The maximum Gasteiger partial charge on any atom is 0.357 e. The zero-order chi connectivity index (χ0) is 14.0. The van der Waals surface area contributed by atoms with Gasteiger partial charge in [0.05, 0.1) is 11.8 Å². The Morgan fingerprint density at radius 3 is 2.68 bits per heavy atom. The SMILES string of the molecule is Cc1[nH]nc(C(=O)O)c1S(=O)(=O)NOC1CCCC1. The monoisotopic (exact) mass is 289 g/mol. The summed E-state index contributed by atoms with van der Waals surface area (Å²) in [5.74, 6) is -1.41. The van der Waals surface area contributed by atoms with Gasteiger partial charge in [-0.1, -0.05) is 17.7 Å². The number of aromatic amines is 1. The van der Waals surface area contributed by atoms with Crippen molar-refractivity contribution in [1.82, 2.24) is 15.1 Å². The van der Waals surface area contributed by atoms with Crippen LogP contribution < -0.4 is 4.89 Å². The molecule has 106 valence electrons. The Hall–Kier alpha value is -1.45. The molecule has 1 aromatic heterocycles. The number of rotatable bonds is 5. The second-order valence-electron chi connectivity index (χ2n) is 4.44. The molecule has 0 bridgehead atoms. The summed E-state index contributed by atoms with van der Waals surface area (Å²) in [7, 11) is -4.06. The molecule has 19 heavy (non-hydrogen) atoms. The fourth-order valence-electron chi connectivity index (χ4n) is 2.07. The van der Waals surface area contributed by atoms with Gasteiger partial charge in [-0.05, 0) is 19.8 Å². The van der Waals surface area contributed by atoms with E-state index in [2.05, 4.69) is 10.2 Å². The van der Waals surface area contributed by atoms with Gasteiger partial charge in [-0.25, -0.2) is 13.2 Å². The van der Waals surface area contributed by atoms with E-state index >= 15 is 0 Å². The van der Waals surface area contributed by atoms with Crippen LogP contribution in [0.3, 0.4) is 0 Å². The van der Waals surface area contributed by atoms with Crippen LogP contribution in [-0.4, -0.2) is 35.8 Å². The second kappa shape index (κ2) is 5.27. The van der Waals surface area contributed by atoms with Crippen LogP contribution in [0.15, 0.2) is 4.90 Å². The van der Waals surface area contributed by atoms with Crippen molar-refractivity contribution in [3.8, 4) is 0 Å². The first-order valence-corrected chi connectivity index (χ1v) is 7.36. The summed E-state index contributed by atoms with van der Waals surface area (Å²) >= 11 is 0. The molecule has 1 aromatic rings. The van der Waals surface area contributed by atoms with E-state index < -0.39 is 26.6 Å². The standard InChI is InChI=1S/C10H15N3O5S/c1-6-9(8(10(14)15)12-11-6)19(16,17)13-18-7-4-2-3-5-7/h7,13H,2-5H2,1H3,(H,11,12)(H,14,15). The van der Waals surface area contributed by atoms with Crippen LogP contribution in [0.1, 0.15) is 41.9 Å². The van der Waals surface area contributed by atoms with E-state index in [9.17, 15) is 13.2 Å². The summed E-state index contributed by atoms with van der Waals surface area (Å²) in [5, 5.41) is 14.7. The summed E-state index contributed by atoms with van der Waals surface area (Å²) in [6.45, 7) is 1.43. The van der Waals surface area contributed by atoms with E-state index in [1.807, 2.05) is 4.89 Å². The topological polar surface area (TPSA) is 121 Å². The number of carboxylic acids is 1. The molecule has 0 saturated heterocycles. The highest BCUT2D eigenvalue weighted by molar-refractivity contribution is 7.89. The number of sulfonamides is 1. The fraction of sp³-hybridized carbons (Fsp3) is 0.600. The van der Waals surface area contributed by atoms with Crippen LogP contribution in [-0.2, 0) is 14.9 Å². The molecule has 1 aliphatic rings. The summed E-state index contributed by atoms with van der Waals surface area (Å²) in [6, 6.07) is 0. The molecule has 3 N–H and O–H groups in total. The van der Waals surface area contributed by atoms with E-state index in [4.69, 9.17) is 9.94 Å². The average molecular weight is 289 g/mol. The molecule has 1 fully saturated rings. The smallest absolute Gasteiger partial charge is 0.357 e. The van der Waals surface area contributed by atoms with Crippen LogP contribution >= 0.6 is 0 Å². The number of hydrogen-bond acceptors (Lipinski definition) is 5. The number of carboxylic acid groups (broad SMARTS) is 1. The van der Waals surface area contributed by atoms with Crippen LogP contribution in [0, 0.1) is 6.92 Å². The van der Waals surface area contributed by atoms with Gasteiger partial charge in [0, 0.05) is 0 Å². The van der Waals surface area contributed by atoms with E-state index in [0.29, 0.717) is 0 Å². The molecule has 0 atom stereocenters. The van der Waals surface area contributed by atoms with Gasteiger partial charge in [-0.15, -0.1) is 0 Å². The molecule has 0 unspecified atom stereocenters. The lowest BCUT2D eigenvalue weighted by molar-refractivity contribution is 0.0223. The number of aromatic nitrogens is 2. The van der Waals surface area contributed by atoms with Crippen LogP contribution in [0.25, 0.3) is 0 Å². The van der Waals surface area contributed by atoms with Gasteiger partial charge >= 0.3 is 5.97 Å². The molecule has 0 amide bonds. The van der Waals surface area contributed by atoms with Gasteiger partial charge in [0.15, 0.2) is 5.69 Å². The maximum absolute atomic E-state index is 12.0. The fourth-order valence-corrected chi connectivity index (χ4v) is 3.25. The molecule has 1 saturated carbocycles. The molecule has 8 nitrogen and oxygen atoms in total. The molecular formula is C10H15N3O5S. The second-order valence-corrected chi connectivity index (χ2v) is 6.02. The Balaban J connectivity index is 2.19. The van der Waals surface area contributed by atoms with Crippen molar-refractivity contribution in [2.24, 2.45) is 0 Å². The normalized spacial score (nSPS) is 16.9. The quantitative estimate of drug-likeness (QED) is 0.681. The first-order chi connectivity index (χ1) is 8.92. The zero-order valence-electron chi connectivity index (χ0n) is 10.3. The Bertz CT molecular complexity index is 574. The zero-order valence-corrected chi connectivity index (χ0v) is 11.2. The Kier molecular flexibility index (Phi) is 3.88. The third-order valence-corrected chi connectivity index (χ3v) is 4.34. The van der Waals surface area contributed by atoms with Gasteiger partial charge in [0.2, 0.25) is 0 Å². The highest BCUT2D eigenvalue weighted by atomic mass is 32.2. The van der Waals surface area contributed by atoms with Crippen LogP contribution in [0.5, 0.6) is 0 Å². The third kappa shape index (κ3) is 2.94. The Morgan fingerprint density at radius 2 is 2.11 bits per heavy atom. The highest BCUT2D eigenvalue weighted by Crippen LogP contribution is 2.22. The number of aromatic carboxylic acids is 1. The number of carbonyl (C=O) groups is 1. The van der Waals surface area contributed by atoms with Gasteiger partial charge in [0.1, 0.15) is 4.90 Å². The summed E-state index contributed by atoms with van der Waals surface area (Å²) in [6.07, 6.45) is 3.42. The molecule has 0 radical (unpaired) electrons. The van der Waals surface area contributed by atoms with E-state index in [1.165, 1.54) is 6.92 Å². The van der Waals surface area contributed by atoms with Crippen molar-refractivity contribution >= 4 is 16.0 Å². The lowest BCUT2D eigenvalue weighted by atomic mass is 10.3. The maximum atomic E-state index is 12.0. The summed E-state index contributed by atoms with van der Waals surface area (Å²) < 4.78 is 24.1. The number of nitrogens with one attached hydrogen (secondary N) is 2. The first-order valence-electron chi connectivity index (χ1n) is 5.87. The number of nitrogens with zero attached hydrogens (tertiary/aromatic N) is 1. The first kappa shape index (κ1) is 14.0. The van der Waals surface area contributed by atoms with Crippen molar-refractivity contribution in [3.63, 3.8) is 0 Å². The predicted octanol–water partition coefficient (Wildman–Crippen LogP) is 0.569. The van der Waals surface area contributed by atoms with Crippen LogP contribution in [0.2, 0.25) is 0 Å². The number of H-pyrrole nitrogens is 1. The van der Waals surface area contributed by atoms with Crippen molar-refractivity contribution in [2.75, 3.05) is 0 Å². The van der Waals surface area contributed by atoms with Gasteiger partial charge in [0.25, 0.3) is 10.0 Å². The van der Waals surface area contributed by atoms with Crippen molar-refractivity contribution < 1.29 is 23.2 Å². The molecule has 0 aliphatic heterocycles. The summed E-state index contributed by atoms with van der Waals surface area (Å²) in [5.41, 5.74) is -0.389. The van der Waals surface area contributed by atoms with E-state index in [0.717, 1.165) is 25.7 Å². The minimum atomic E-state index is -4.06. The molecule has 9 heteroatoms. The largest absolute Gasteiger partial charge is 0.476 e. The molecule has 2 rings (SSSR count). The average Bonchev–Trinajstić information content (AvgIpc) is 2.95. The van der Waals surface area contributed by atoms with E-state index in [1.54, 1.807) is 0 Å². The highest BCUT2D eigenvalue weighted by Gasteiger charge is 2.29. The predicted molar refractivity (Wildman–Crippen MR) is 63.9 cm³/mol. The molecule has 0 spiro atoms. The summed E-state index contributed by atoms with van der Waals surface area (Å²) in [4.78, 5) is 17.6. The lowest BCUT2D eigenvalue weighted by Gasteiger charge is -2.11. The van der Waals surface area contributed by atoms with Gasteiger partial charge < -0.3 is 5.11 Å². The number of hydrogen-bond donors (Lipinski definition) is 3. The third-order valence-electron chi connectivity index (χ3n) is 2.99. The molecular weight excluding hydrogens is 274 g/mol. The molecule has 1 heterocycles. The van der Waals surface area contributed by atoms with Crippen molar-refractivity contribution in [3.05, 3.63) is 11.4 Å². The van der Waals surface area contributed by atoms with Gasteiger partial charge in [-0.3, -0.25) is 9.94 Å². The van der Waals surface area contributed by atoms with Crippen LogP contribution in [0.4, 0.5) is 0 Å². The molecule has 1 aliphatic carbocycles. The van der Waals surface area contributed by atoms with Crippen molar-refractivity contribution in [2.45, 2.75) is 43.6 Å².